The van der Waals surface area contributed by atoms with Crippen molar-refractivity contribution in [1.82, 2.24) is 19.8 Å². The van der Waals surface area contributed by atoms with Crippen LogP contribution in [0.3, 0.4) is 0 Å². The van der Waals surface area contributed by atoms with Crippen LogP contribution in [0.5, 0.6) is 0 Å². The number of piperidine rings is 1. The van der Waals surface area contributed by atoms with Gasteiger partial charge in [-0.15, -0.1) is 0 Å². The molecule has 0 radical (unpaired) electrons. The smallest absolute Gasteiger partial charge is 0.261 e. The summed E-state index contributed by atoms with van der Waals surface area (Å²) >= 11 is 0. The fourth-order valence-electron chi connectivity index (χ4n) is 4.05. The van der Waals surface area contributed by atoms with Crippen LogP contribution in [0.2, 0.25) is 0 Å². The zero-order valence-electron chi connectivity index (χ0n) is 17.4. The second kappa shape index (κ2) is 9.22. The van der Waals surface area contributed by atoms with Crippen molar-refractivity contribution in [3.8, 4) is 0 Å². The van der Waals surface area contributed by atoms with Crippen LogP contribution in [-0.2, 0) is 17.9 Å². The Balaban J connectivity index is 1.25. The van der Waals surface area contributed by atoms with Crippen molar-refractivity contribution in [2.45, 2.75) is 45.3 Å². The van der Waals surface area contributed by atoms with Gasteiger partial charge < -0.3 is 5.32 Å². The third-order valence-corrected chi connectivity index (χ3v) is 5.92. The van der Waals surface area contributed by atoms with Crippen LogP contribution >= 0.6 is 0 Å². The molecule has 156 valence electrons. The van der Waals surface area contributed by atoms with E-state index in [4.69, 9.17) is 0 Å². The van der Waals surface area contributed by atoms with E-state index in [1.807, 2.05) is 18.2 Å². The number of amides is 1. The Labute approximate surface area is 176 Å². The number of nitrogens with zero attached hydrogens (tertiary/aromatic N) is 3. The molecule has 0 bridgehead atoms. The number of aromatic nitrogens is 2. The van der Waals surface area contributed by atoms with Gasteiger partial charge in [-0.05, 0) is 43.0 Å². The monoisotopic (exact) mass is 404 g/mol. The molecule has 1 aliphatic rings. The van der Waals surface area contributed by atoms with Crippen molar-refractivity contribution in [2.75, 3.05) is 13.1 Å². The maximum atomic E-state index is 12.5. The molecule has 3 aromatic rings. The minimum atomic E-state index is -0.0992. The molecule has 0 aliphatic carbocycles. The lowest BCUT2D eigenvalue weighted by atomic mass is 10.0. The highest BCUT2D eigenvalue weighted by Gasteiger charge is 2.21. The number of carbonyl (C=O) groups is 1. The van der Waals surface area contributed by atoms with Gasteiger partial charge in [-0.3, -0.25) is 19.1 Å². The molecule has 6 heteroatoms. The van der Waals surface area contributed by atoms with Gasteiger partial charge in [0.2, 0.25) is 5.91 Å². The Kier molecular flexibility index (Phi) is 6.23. The Bertz CT molecular complexity index is 1080. The van der Waals surface area contributed by atoms with Crippen LogP contribution in [0.4, 0.5) is 0 Å². The first-order valence-electron chi connectivity index (χ1n) is 10.6. The highest BCUT2D eigenvalue weighted by Crippen LogP contribution is 2.16. The second-order valence-electron chi connectivity index (χ2n) is 8.05. The van der Waals surface area contributed by atoms with Gasteiger partial charge in [0.1, 0.15) is 0 Å². The van der Waals surface area contributed by atoms with Crippen LogP contribution in [0.1, 0.15) is 30.4 Å². The lowest BCUT2D eigenvalue weighted by Crippen LogP contribution is -2.44. The van der Waals surface area contributed by atoms with E-state index in [0.29, 0.717) is 17.4 Å². The molecule has 0 atom stereocenters. The summed E-state index contributed by atoms with van der Waals surface area (Å²) in [6, 6.07) is 16.0. The van der Waals surface area contributed by atoms with E-state index in [-0.39, 0.29) is 23.9 Å². The summed E-state index contributed by atoms with van der Waals surface area (Å²) in [6.07, 6.45) is 3.72. The Morgan fingerprint density at radius 1 is 1.10 bits per heavy atom. The third-order valence-electron chi connectivity index (χ3n) is 5.92. The number of aryl methyl sites for hydroxylation is 2. The summed E-state index contributed by atoms with van der Waals surface area (Å²) in [5.74, 6) is -0.00703. The lowest BCUT2D eigenvalue weighted by Gasteiger charge is -2.32. The highest BCUT2D eigenvalue weighted by molar-refractivity contribution is 5.77. The minimum Gasteiger partial charge on any atom is -0.353 e. The SMILES string of the molecule is Cc1ccccc1CN1CCC(NC(=O)CCn2cnc3ccccc3c2=O)CC1. The largest absolute Gasteiger partial charge is 0.353 e. The summed E-state index contributed by atoms with van der Waals surface area (Å²) in [4.78, 5) is 31.7. The van der Waals surface area contributed by atoms with E-state index < -0.39 is 0 Å². The first kappa shape index (κ1) is 20.3. The Morgan fingerprint density at radius 2 is 1.83 bits per heavy atom. The predicted molar refractivity (Wildman–Crippen MR) is 118 cm³/mol. The molecule has 2 aromatic carbocycles. The molecule has 0 spiro atoms. The fourth-order valence-corrected chi connectivity index (χ4v) is 4.05. The molecule has 1 fully saturated rings. The molecule has 1 aliphatic heterocycles. The fraction of sp³-hybridized carbons (Fsp3) is 0.375. The quantitative estimate of drug-likeness (QED) is 0.686. The van der Waals surface area contributed by atoms with Crippen molar-refractivity contribution >= 4 is 16.8 Å². The molecular formula is C24H28N4O2. The van der Waals surface area contributed by atoms with Crippen LogP contribution in [0.15, 0.2) is 59.7 Å². The van der Waals surface area contributed by atoms with E-state index in [1.54, 1.807) is 6.07 Å². The topological polar surface area (TPSA) is 67.2 Å². The molecule has 1 N–H and O–H groups in total. The van der Waals surface area contributed by atoms with Crippen LogP contribution in [-0.4, -0.2) is 39.5 Å². The molecule has 30 heavy (non-hydrogen) atoms. The van der Waals surface area contributed by atoms with Crippen molar-refractivity contribution in [2.24, 2.45) is 0 Å². The summed E-state index contributed by atoms with van der Waals surface area (Å²) in [7, 11) is 0. The summed E-state index contributed by atoms with van der Waals surface area (Å²) in [6.45, 7) is 5.42. The first-order chi connectivity index (χ1) is 14.6. The highest BCUT2D eigenvalue weighted by atomic mass is 16.2. The van der Waals surface area contributed by atoms with E-state index in [9.17, 15) is 9.59 Å². The Hall–Kier alpha value is -2.99. The van der Waals surface area contributed by atoms with Gasteiger partial charge in [0, 0.05) is 38.6 Å². The molecule has 0 unspecified atom stereocenters. The van der Waals surface area contributed by atoms with Crippen LogP contribution in [0, 0.1) is 6.92 Å². The number of likely N-dealkylation sites (tertiary alicyclic amines) is 1. The molecular weight excluding hydrogens is 376 g/mol. The standard InChI is InChI=1S/C24H28N4O2/c1-18-6-2-3-7-19(18)16-27-13-10-20(11-14-27)26-23(29)12-15-28-17-25-22-9-5-4-8-21(22)24(28)30/h2-9,17,20H,10-16H2,1H3,(H,26,29). The molecule has 1 aromatic heterocycles. The number of rotatable bonds is 6. The maximum Gasteiger partial charge on any atom is 0.261 e. The van der Waals surface area contributed by atoms with E-state index in [0.717, 1.165) is 32.5 Å². The minimum absolute atomic E-state index is 0.00703. The van der Waals surface area contributed by atoms with Crippen molar-refractivity contribution < 1.29 is 4.79 Å². The van der Waals surface area contributed by atoms with Gasteiger partial charge in [-0.2, -0.15) is 0 Å². The molecule has 4 rings (SSSR count). The van der Waals surface area contributed by atoms with Crippen molar-refractivity contribution in [3.05, 3.63) is 76.3 Å². The number of nitrogens with one attached hydrogen (secondary N) is 1. The Morgan fingerprint density at radius 3 is 2.63 bits per heavy atom. The second-order valence-corrected chi connectivity index (χ2v) is 8.05. The summed E-state index contributed by atoms with van der Waals surface area (Å²) in [5, 5.41) is 3.72. The van der Waals surface area contributed by atoms with Gasteiger partial charge in [0.05, 0.1) is 17.2 Å². The van der Waals surface area contributed by atoms with E-state index >= 15 is 0 Å². The maximum absolute atomic E-state index is 12.5. The van der Waals surface area contributed by atoms with Crippen molar-refractivity contribution in [3.63, 3.8) is 0 Å². The number of benzene rings is 2. The summed E-state index contributed by atoms with van der Waals surface area (Å²) < 4.78 is 1.52. The average Bonchev–Trinajstić information content (AvgIpc) is 2.76. The first-order valence-corrected chi connectivity index (χ1v) is 10.6. The van der Waals surface area contributed by atoms with Gasteiger partial charge >= 0.3 is 0 Å². The van der Waals surface area contributed by atoms with Gasteiger partial charge in [-0.1, -0.05) is 36.4 Å². The average molecular weight is 405 g/mol. The van der Waals surface area contributed by atoms with Crippen LogP contribution < -0.4 is 10.9 Å². The molecule has 1 amide bonds. The number of hydrogen-bond donors (Lipinski definition) is 1. The molecule has 0 saturated carbocycles. The van der Waals surface area contributed by atoms with E-state index in [1.165, 1.54) is 22.0 Å². The summed E-state index contributed by atoms with van der Waals surface area (Å²) in [5.41, 5.74) is 3.28. The van der Waals surface area contributed by atoms with Gasteiger partial charge in [0.25, 0.3) is 5.56 Å². The number of hydrogen-bond acceptors (Lipinski definition) is 4. The number of carbonyl (C=O) groups excluding carboxylic acids is 1. The normalized spacial score (nSPS) is 15.4. The van der Waals surface area contributed by atoms with E-state index in [2.05, 4.69) is 46.4 Å². The number of fused-ring (bicyclic) bond motifs is 1. The predicted octanol–water partition coefficient (Wildman–Crippen LogP) is 2.88. The zero-order chi connectivity index (χ0) is 20.9. The lowest BCUT2D eigenvalue weighted by molar-refractivity contribution is -0.122. The third kappa shape index (κ3) is 4.76. The molecule has 2 heterocycles. The zero-order valence-corrected chi connectivity index (χ0v) is 17.4. The van der Waals surface area contributed by atoms with Gasteiger partial charge in [0.15, 0.2) is 0 Å². The molecule has 1 saturated heterocycles. The number of para-hydroxylation sites is 1. The molecule has 6 nitrogen and oxygen atoms in total. The van der Waals surface area contributed by atoms with Crippen molar-refractivity contribution in [1.29, 1.82) is 0 Å². The van der Waals surface area contributed by atoms with Crippen LogP contribution in [0.25, 0.3) is 10.9 Å². The van der Waals surface area contributed by atoms with Gasteiger partial charge in [-0.25, -0.2) is 4.98 Å².